The summed E-state index contributed by atoms with van der Waals surface area (Å²) in [5.41, 5.74) is 1.40. The molecule has 0 spiro atoms. The van der Waals surface area contributed by atoms with E-state index in [1.807, 2.05) is 6.92 Å². The van der Waals surface area contributed by atoms with Crippen molar-refractivity contribution < 1.29 is 14.3 Å². The first-order chi connectivity index (χ1) is 8.08. The minimum absolute atomic E-state index is 0.186. The second-order valence-corrected chi connectivity index (χ2v) is 3.67. The Morgan fingerprint density at radius 3 is 2.88 bits per heavy atom. The zero-order chi connectivity index (χ0) is 12.4. The second-order valence-electron chi connectivity index (χ2n) is 3.67. The Labute approximate surface area is 96.8 Å². The number of carboxylic acid groups (broad SMARTS) is 1. The quantitative estimate of drug-likeness (QED) is 0.716. The highest BCUT2D eigenvalue weighted by molar-refractivity contribution is 5.85. The fourth-order valence-electron chi connectivity index (χ4n) is 1.52. The first-order valence-corrected chi connectivity index (χ1v) is 4.99. The van der Waals surface area contributed by atoms with Gasteiger partial charge in [-0.05, 0) is 36.8 Å². The van der Waals surface area contributed by atoms with E-state index in [0.717, 1.165) is 11.6 Å². The van der Waals surface area contributed by atoms with Gasteiger partial charge in [0.25, 0.3) is 0 Å². The van der Waals surface area contributed by atoms with Crippen molar-refractivity contribution in [2.75, 3.05) is 0 Å². The number of benzene rings is 1. The molecule has 17 heavy (non-hydrogen) atoms. The van der Waals surface area contributed by atoms with Crippen molar-refractivity contribution >= 4 is 23.0 Å². The van der Waals surface area contributed by atoms with Crippen LogP contribution in [0.1, 0.15) is 11.1 Å². The van der Waals surface area contributed by atoms with Crippen molar-refractivity contribution in [2.45, 2.75) is 6.92 Å². The molecule has 0 atom stereocenters. The van der Waals surface area contributed by atoms with E-state index in [4.69, 9.17) is 4.42 Å². The molecule has 0 aliphatic carbocycles. The van der Waals surface area contributed by atoms with Crippen molar-refractivity contribution in [3.8, 4) is 0 Å². The molecule has 2 rings (SSSR count). The maximum absolute atomic E-state index is 11.9. The van der Waals surface area contributed by atoms with Crippen LogP contribution < -0.4 is 10.5 Å². The lowest BCUT2D eigenvalue weighted by atomic mass is 10.1. The van der Waals surface area contributed by atoms with Crippen LogP contribution in [0.2, 0.25) is 0 Å². The highest BCUT2D eigenvalue weighted by atomic mass is 16.4. The SMILES string of the molecule is Cc1ccc2c(=O)c(/C=C/C(=O)[O-])coc2c1. The van der Waals surface area contributed by atoms with Crippen LogP contribution in [0.25, 0.3) is 17.0 Å². The summed E-state index contributed by atoms with van der Waals surface area (Å²) in [5, 5.41) is 10.7. The number of carbonyl (C=O) groups excluding carboxylic acids is 1. The molecule has 0 saturated carbocycles. The standard InChI is InChI=1S/C13H10O4/c1-8-2-4-10-11(6-8)17-7-9(13(10)16)3-5-12(14)15/h2-7H,1H3,(H,14,15)/p-1/b5-3+. The van der Waals surface area contributed by atoms with Crippen molar-refractivity contribution in [2.24, 2.45) is 0 Å². The van der Waals surface area contributed by atoms with Gasteiger partial charge in [0.2, 0.25) is 0 Å². The Hall–Kier alpha value is -2.36. The third kappa shape index (κ3) is 2.25. The third-order valence-electron chi connectivity index (χ3n) is 2.36. The van der Waals surface area contributed by atoms with E-state index in [1.165, 1.54) is 12.3 Å². The molecule has 86 valence electrons. The summed E-state index contributed by atoms with van der Waals surface area (Å²) in [5.74, 6) is -1.35. The van der Waals surface area contributed by atoms with Gasteiger partial charge in [0, 0.05) is 0 Å². The molecular weight excluding hydrogens is 220 g/mol. The zero-order valence-electron chi connectivity index (χ0n) is 9.10. The van der Waals surface area contributed by atoms with Gasteiger partial charge in [0.15, 0.2) is 5.43 Å². The predicted octanol–water partition coefficient (Wildman–Crippen LogP) is 0.865. The van der Waals surface area contributed by atoms with Crippen LogP contribution in [0.4, 0.5) is 0 Å². The monoisotopic (exact) mass is 229 g/mol. The average Bonchev–Trinajstić information content (AvgIpc) is 2.27. The van der Waals surface area contributed by atoms with Crippen molar-refractivity contribution in [3.05, 3.63) is 51.9 Å². The smallest absolute Gasteiger partial charge is 0.199 e. The molecule has 0 aliphatic rings. The van der Waals surface area contributed by atoms with E-state index < -0.39 is 5.97 Å². The van der Waals surface area contributed by atoms with E-state index in [-0.39, 0.29) is 11.0 Å². The lowest BCUT2D eigenvalue weighted by molar-refractivity contribution is -0.297. The maximum Gasteiger partial charge on any atom is 0.199 e. The number of carboxylic acids is 1. The van der Waals surface area contributed by atoms with Gasteiger partial charge in [-0.2, -0.15) is 0 Å². The number of carbonyl (C=O) groups is 1. The summed E-state index contributed by atoms with van der Waals surface area (Å²) in [7, 11) is 0. The van der Waals surface area contributed by atoms with Crippen LogP contribution in [0, 0.1) is 6.92 Å². The molecular formula is C13H9O4-. The van der Waals surface area contributed by atoms with E-state index in [0.29, 0.717) is 11.0 Å². The zero-order valence-corrected chi connectivity index (χ0v) is 9.10. The number of aryl methyl sites for hydroxylation is 1. The Kier molecular flexibility index (Phi) is 2.78. The molecule has 1 heterocycles. The molecule has 0 fully saturated rings. The summed E-state index contributed by atoms with van der Waals surface area (Å²) in [6, 6.07) is 5.21. The molecule has 0 amide bonds. The number of fused-ring (bicyclic) bond motifs is 1. The molecule has 2 aromatic rings. The Bertz CT molecular complexity index is 665. The number of aliphatic carboxylic acids is 1. The lowest BCUT2D eigenvalue weighted by Gasteiger charge is -1.99. The van der Waals surface area contributed by atoms with Crippen LogP contribution in [0.15, 0.2) is 39.7 Å². The van der Waals surface area contributed by atoms with E-state index in [2.05, 4.69) is 0 Å². The first kappa shape index (κ1) is 11.1. The van der Waals surface area contributed by atoms with Gasteiger partial charge in [0.1, 0.15) is 11.8 Å². The molecule has 4 heteroatoms. The van der Waals surface area contributed by atoms with Crippen LogP contribution in [0.5, 0.6) is 0 Å². The molecule has 1 aromatic heterocycles. The summed E-state index contributed by atoms with van der Waals surface area (Å²) < 4.78 is 5.27. The second kappa shape index (κ2) is 4.25. The lowest BCUT2D eigenvalue weighted by Crippen LogP contribution is -2.18. The van der Waals surface area contributed by atoms with E-state index >= 15 is 0 Å². The van der Waals surface area contributed by atoms with Gasteiger partial charge in [0.05, 0.1) is 16.9 Å². The van der Waals surface area contributed by atoms with Gasteiger partial charge in [-0.1, -0.05) is 6.07 Å². The van der Waals surface area contributed by atoms with Crippen molar-refractivity contribution in [1.82, 2.24) is 0 Å². The number of hydrogen-bond acceptors (Lipinski definition) is 4. The van der Waals surface area contributed by atoms with Crippen molar-refractivity contribution in [3.63, 3.8) is 0 Å². The van der Waals surface area contributed by atoms with Crippen LogP contribution in [-0.4, -0.2) is 5.97 Å². The summed E-state index contributed by atoms with van der Waals surface area (Å²) >= 11 is 0. The molecule has 0 bridgehead atoms. The Morgan fingerprint density at radius 1 is 1.41 bits per heavy atom. The molecule has 0 unspecified atom stereocenters. The normalized spacial score (nSPS) is 11.1. The van der Waals surface area contributed by atoms with Gasteiger partial charge in [-0.3, -0.25) is 4.79 Å². The van der Waals surface area contributed by atoms with Crippen molar-refractivity contribution in [1.29, 1.82) is 0 Å². The van der Waals surface area contributed by atoms with Crippen LogP contribution in [0.3, 0.4) is 0 Å². The summed E-state index contributed by atoms with van der Waals surface area (Å²) in [6.45, 7) is 1.89. The molecule has 4 nitrogen and oxygen atoms in total. The Balaban J connectivity index is 2.62. The van der Waals surface area contributed by atoms with E-state index in [1.54, 1.807) is 18.2 Å². The largest absolute Gasteiger partial charge is 0.545 e. The summed E-state index contributed by atoms with van der Waals surface area (Å²) in [4.78, 5) is 22.2. The van der Waals surface area contributed by atoms with Gasteiger partial charge >= 0.3 is 0 Å². The third-order valence-corrected chi connectivity index (χ3v) is 2.36. The average molecular weight is 229 g/mol. The van der Waals surface area contributed by atoms with E-state index in [9.17, 15) is 14.7 Å². The molecule has 1 aromatic carbocycles. The predicted molar refractivity (Wildman–Crippen MR) is 61.3 cm³/mol. The molecule has 0 N–H and O–H groups in total. The minimum Gasteiger partial charge on any atom is -0.545 e. The highest BCUT2D eigenvalue weighted by Gasteiger charge is 2.04. The van der Waals surface area contributed by atoms with Gasteiger partial charge < -0.3 is 14.3 Å². The van der Waals surface area contributed by atoms with Gasteiger partial charge in [-0.15, -0.1) is 0 Å². The first-order valence-electron chi connectivity index (χ1n) is 4.99. The maximum atomic E-state index is 11.9. The highest BCUT2D eigenvalue weighted by Crippen LogP contribution is 2.13. The van der Waals surface area contributed by atoms with Crippen LogP contribution >= 0.6 is 0 Å². The Morgan fingerprint density at radius 2 is 2.18 bits per heavy atom. The molecule has 0 radical (unpaired) electrons. The fraction of sp³-hybridized carbons (Fsp3) is 0.0769. The number of rotatable bonds is 2. The van der Waals surface area contributed by atoms with Crippen LogP contribution in [-0.2, 0) is 4.79 Å². The molecule has 0 aliphatic heterocycles. The topological polar surface area (TPSA) is 70.3 Å². The minimum atomic E-state index is -1.35. The fourth-order valence-corrected chi connectivity index (χ4v) is 1.52. The summed E-state index contributed by atoms with van der Waals surface area (Å²) in [6.07, 6.45) is 3.20. The number of hydrogen-bond donors (Lipinski definition) is 0. The van der Waals surface area contributed by atoms with Gasteiger partial charge in [-0.25, -0.2) is 0 Å². The molecule has 0 saturated heterocycles.